The lowest BCUT2D eigenvalue weighted by Gasteiger charge is -2.24. The van der Waals surface area contributed by atoms with Crippen molar-refractivity contribution in [2.24, 2.45) is 0 Å². The molecule has 4 nitrogen and oxygen atoms in total. The molecule has 4 aromatic rings. The minimum atomic E-state index is -0.247. The highest BCUT2D eigenvalue weighted by Gasteiger charge is 2.17. The molecule has 3 aromatic carbocycles. The zero-order valence-electron chi connectivity index (χ0n) is 19.6. The number of nitrogens with zero attached hydrogens (tertiary/aromatic N) is 2. The van der Waals surface area contributed by atoms with E-state index in [1.54, 1.807) is 12.1 Å². The van der Waals surface area contributed by atoms with Crippen molar-refractivity contribution in [2.75, 3.05) is 5.32 Å². The standard InChI is InChI=1S/C29H30FN3O/c1-22(2)25-12-16-27(17-13-25)31-29(34)33(20-23-7-4-3-5-8-23)21-28-9-6-18-32(28)19-24-10-14-26(30)15-11-24/h3-18,22H,19-21H2,1-2H3,(H,31,34). The van der Waals surface area contributed by atoms with Gasteiger partial charge in [0, 0.05) is 30.7 Å². The molecule has 0 radical (unpaired) electrons. The van der Waals surface area contributed by atoms with Crippen LogP contribution in [-0.4, -0.2) is 15.5 Å². The van der Waals surface area contributed by atoms with E-state index < -0.39 is 0 Å². The van der Waals surface area contributed by atoms with E-state index >= 15 is 0 Å². The Hall–Kier alpha value is -3.86. The third-order valence-electron chi connectivity index (χ3n) is 5.87. The lowest BCUT2D eigenvalue weighted by Crippen LogP contribution is -2.34. The summed E-state index contributed by atoms with van der Waals surface area (Å²) in [6.45, 7) is 5.84. The van der Waals surface area contributed by atoms with Crippen molar-refractivity contribution >= 4 is 11.7 Å². The van der Waals surface area contributed by atoms with Gasteiger partial charge in [-0.25, -0.2) is 9.18 Å². The van der Waals surface area contributed by atoms with Gasteiger partial charge in [-0.2, -0.15) is 0 Å². The second-order valence-electron chi connectivity index (χ2n) is 8.80. The van der Waals surface area contributed by atoms with Crippen molar-refractivity contribution in [3.8, 4) is 0 Å². The molecule has 34 heavy (non-hydrogen) atoms. The van der Waals surface area contributed by atoms with Gasteiger partial charge in [-0.3, -0.25) is 0 Å². The van der Waals surface area contributed by atoms with Gasteiger partial charge in [-0.15, -0.1) is 0 Å². The van der Waals surface area contributed by atoms with E-state index in [0.29, 0.717) is 25.6 Å². The Labute approximate surface area is 200 Å². The van der Waals surface area contributed by atoms with Crippen molar-refractivity contribution in [1.82, 2.24) is 9.47 Å². The normalized spacial score (nSPS) is 10.9. The monoisotopic (exact) mass is 455 g/mol. The van der Waals surface area contributed by atoms with Gasteiger partial charge in [-0.05, 0) is 59.0 Å². The molecule has 5 heteroatoms. The van der Waals surface area contributed by atoms with Gasteiger partial charge in [0.1, 0.15) is 5.82 Å². The molecule has 0 aliphatic heterocycles. The van der Waals surface area contributed by atoms with Crippen LogP contribution in [0.4, 0.5) is 14.9 Å². The van der Waals surface area contributed by atoms with Crippen LogP contribution in [0, 0.1) is 5.82 Å². The average molecular weight is 456 g/mol. The fourth-order valence-electron chi connectivity index (χ4n) is 3.89. The Balaban J connectivity index is 1.52. The smallest absolute Gasteiger partial charge is 0.322 e. The molecule has 0 aliphatic rings. The Bertz CT molecular complexity index is 1200. The summed E-state index contributed by atoms with van der Waals surface area (Å²) < 4.78 is 15.4. The fraction of sp³-hybridized carbons (Fsp3) is 0.207. The molecule has 1 heterocycles. The van der Waals surface area contributed by atoms with Gasteiger partial charge in [0.2, 0.25) is 0 Å². The van der Waals surface area contributed by atoms with Gasteiger partial charge in [0.05, 0.1) is 6.54 Å². The van der Waals surface area contributed by atoms with E-state index in [-0.39, 0.29) is 11.8 Å². The molecule has 0 spiro atoms. The minimum absolute atomic E-state index is 0.157. The molecule has 0 unspecified atom stereocenters. The molecule has 174 valence electrons. The summed E-state index contributed by atoms with van der Waals surface area (Å²) in [6.07, 6.45) is 1.99. The molecule has 0 saturated heterocycles. The van der Waals surface area contributed by atoms with E-state index in [4.69, 9.17) is 0 Å². The van der Waals surface area contributed by atoms with Crippen molar-refractivity contribution in [3.63, 3.8) is 0 Å². The number of halogens is 1. The summed E-state index contributed by atoms with van der Waals surface area (Å²) in [5, 5.41) is 3.05. The van der Waals surface area contributed by atoms with E-state index in [1.165, 1.54) is 17.7 Å². The number of aromatic nitrogens is 1. The molecular formula is C29H30FN3O. The summed E-state index contributed by atoms with van der Waals surface area (Å²) >= 11 is 0. The number of urea groups is 1. The Kier molecular flexibility index (Phi) is 7.43. The number of rotatable bonds is 8. The third kappa shape index (κ3) is 6.13. The van der Waals surface area contributed by atoms with Crippen LogP contribution in [0.5, 0.6) is 0 Å². The molecule has 1 aromatic heterocycles. The Morgan fingerprint density at radius 2 is 1.56 bits per heavy atom. The Morgan fingerprint density at radius 3 is 2.24 bits per heavy atom. The second kappa shape index (κ2) is 10.8. The summed E-state index contributed by atoms with van der Waals surface area (Å²) in [5.41, 5.74) is 5.07. The van der Waals surface area contributed by atoms with E-state index in [9.17, 15) is 9.18 Å². The molecule has 1 N–H and O–H groups in total. The SMILES string of the molecule is CC(C)c1ccc(NC(=O)N(Cc2ccccc2)Cc2cccn2Cc2ccc(F)cc2)cc1. The number of benzene rings is 3. The summed E-state index contributed by atoms with van der Waals surface area (Å²) in [6, 6.07) is 28.3. The lowest BCUT2D eigenvalue weighted by atomic mass is 10.0. The first-order chi connectivity index (χ1) is 16.5. The van der Waals surface area contributed by atoms with Gasteiger partial charge < -0.3 is 14.8 Å². The molecule has 4 rings (SSSR count). The van der Waals surface area contributed by atoms with Crippen LogP contribution < -0.4 is 5.32 Å². The molecule has 0 fully saturated rings. The van der Waals surface area contributed by atoms with Crippen LogP contribution in [0.2, 0.25) is 0 Å². The number of anilines is 1. The molecule has 0 aliphatic carbocycles. The number of hydrogen-bond donors (Lipinski definition) is 1. The van der Waals surface area contributed by atoms with Crippen molar-refractivity contribution in [3.05, 3.63) is 125 Å². The minimum Gasteiger partial charge on any atom is -0.345 e. The van der Waals surface area contributed by atoms with Gasteiger partial charge in [-0.1, -0.05) is 68.4 Å². The van der Waals surface area contributed by atoms with Gasteiger partial charge in [0.25, 0.3) is 0 Å². The van der Waals surface area contributed by atoms with E-state index in [1.807, 2.05) is 65.7 Å². The maximum atomic E-state index is 13.3. The highest BCUT2D eigenvalue weighted by Crippen LogP contribution is 2.19. The van der Waals surface area contributed by atoms with E-state index in [0.717, 1.165) is 22.5 Å². The number of hydrogen-bond acceptors (Lipinski definition) is 1. The topological polar surface area (TPSA) is 37.3 Å². The average Bonchev–Trinajstić information content (AvgIpc) is 3.27. The number of nitrogens with one attached hydrogen (secondary N) is 1. The van der Waals surface area contributed by atoms with Crippen LogP contribution in [0.15, 0.2) is 97.2 Å². The second-order valence-corrected chi connectivity index (χ2v) is 8.80. The predicted octanol–water partition coefficient (Wildman–Crippen LogP) is 7.03. The van der Waals surface area contributed by atoms with Crippen LogP contribution in [0.1, 0.15) is 42.1 Å². The zero-order valence-corrected chi connectivity index (χ0v) is 19.6. The van der Waals surface area contributed by atoms with E-state index in [2.05, 4.69) is 35.9 Å². The largest absolute Gasteiger partial charge is 0.345 e. The lowest BCUT2D eigenvalue weighted by molar-refractivity contribution is 0.205. The zero-order chi connectivity index (χ0) is 23.9. The van der Waals surface area contributed by atoms with Crippen LogP contribution in [-0.2, 0) is 19.6 Å². The predicted molar refractivity (Wildman–Crippen MR) is 135 cm³/mol. The van der Waals surface area contributed by atoms with Gasteiger partial charge >= 0.3 is 6.03 Å². The first-order valence-electron chi connectivity index (χ1n) is 11.6. The molecular weight excluding hydrogens is 425 g/mol. The first-order valence-corrected chi connectivity index (χ1v) is 11.6. The van der Waals surface area contributed by atoms with Crippen LogP contribution in [0.3, 0.4) is 0 Å². The molecule has 2 amide bonds. The van der Waals surface area contributed by atoms with Crippen molar-refractivity contribution in [1.29, 1.82) is 0 Å². The number of amides is 2. The van der Waals surface area contributed by atoms with Crippen molar-refractivity contribution < 1.29 is 9.18 Å². The van der Waals surface area contributed by atoms with Gasteiger partial charge in [0.15, 0.2) is 0 Å². The number of carbonyl (C=O) groups is 1. The highest BCUT2D eigenvalue weighted by atomic mass is 19.1. The number of carbonyl (C=O) groups excluding carboxylic acids is 1. The fourth-order valence-corrected chi connectivity index (χ4v) is 3.89. The third-order valence-corrected chi connectivity index (χ3v) is 5.87. The summed E-state index contributed by atoms with van der Waals surface area (Å²) in [7, 11) is 0. The summed E-state index contributed by atoms with van der Waals surface area (Å²) in [5.74, 6) is 0.192. The maximum Gasteiger partial charge on any atom is 0.322 e. The highest BCUT2D eigenvalue weighted by molar-refractivity contribution is 5.89. The first kappa shape index (κ1) is 23.3. The molecule has 0 atom stereocenters. The van der Waals surface area contributed by atoms with Crippen LogP contribution >= 0.6 is 0 Å². The maximum absolute atomic E-state index is 13.3. The molecule has 0 saturated carbocycles. The quantitative estimate of drug-likeness (QED) is 0.304. The summed E-state index contributed by atoms with van der Waals surface area (Å²) in [4.78, 5) is 15.1. The Morgan fingerprint density at radius 1 is 0.853 bits per heavy atom. The van der Waals surface area contributed by atoms with Crippen LogP contribution in [0.25, 0.3) is 0 Å². The van der Waals surface area contributed by atoms with Crippen molar-refractivity contribution in [2.45, 2.75) is 39.4 Å². The molecule has 0 bridgehead atoms.